The largest absolute Gasteiger partial charge is 0.503 e. The molecule has 1 N–H and O–H groups in total. The van der Waals surface area contributed by atoms with E-state index in [0.29, 0.717) is 39.9 Å². The van der Waals surface area contributed by atoms with Crippen LogP contribution in [0.5, 0.6) is 11.5 Å². The lowest BCUT2D eigenvalue weighted by molar-refractivity contribution is -0.117. The summed E-state index contributed by atoms with van der Waals surface area (Å²) in [4.78, 5) is 33.6. The molecular weight excluding hydrogens is 464 g/mol. The quantitative estimate of drug-likeness (QED) is 0.434. The van der Waals surface area contributed by atoms with E-state index in [0.717, 1.165) is 16.1 Å². The highest BCUT2D eigenvalue weighted by Crippen LogP contribution is 2.45. The summed E-state index contributed by atoms with van der Waals surface area (Å²) >= 11 is 1.25. The number of anilines is 1. The first-order valence-electron chi connectivity index (χ1n) is 11.3. The van der Waals surface area contributed by atoms with Crippen LogP contribution in [0, 0.1) is 27.7 Å². The number of amides is 1. The van der Waals surface area contributed by atoms with E-state index in [1.54, 1.807) is 32.2 Å². The Balaban J connectivity index is 1.95. The molecule has 2 heterocycles. The molecule has 0 radical (unpaired) electrons. The number of methoxy groups -OCH3 is 1. The van der Waals surface area contributed by atoms with E-state index in [2.05, 4.69) is 4.98 Å². The van der Waals surface area contributed by atoms with E-state index in [9.17, 15) is 14.7 Å². The van der Waals surface area contributed by atoms with Crippen LogP contribution in [-0.2, 0) is 4.79 Å². The number of aliphatic hydroxyl groups excluding tert-OH is 1. The van der Waals surface area contributed by atoms with Crippen LogP contribution in [0.2, 0.25) is 0 Å². The average Bonchev–Trinajstić information content (AvgIpc) is 3.30. The van der Waals surface area contributed by atoms with Crippen LogP contribution in [-0.4, -0.2) is 35.5 Å². The minimum absolute atomic E-state index is 0.0234. The Hall–Kier alpha value is -3.65. The van der Waals surface area contributed by atoms with Gasteiger partial charge in [-0.1, -0.05) is 18.2 Å². The lowest BCUT2D eigenvalue weighted by Crippen LogP contribution is -2.31. The summed E-state index contributed by atoms with van der Waals surface area (Å²) in [6.45, 7) is 9.73. The van der Waals surface area contributed by atoms with Crippen molar-refractivity contribution in [1.29, 1.82) is 0 Å². The molecule has 4 rings (SSSR count). The molecular formula is C27H28N2O5S. The van der Waals surface area contributed by atoms with Crippen LogP contribution in [0.25, 0.3) is 0 Å². The van der Waals surface area contributed by atoms with Gasteiger partial charge in [0.05, 0.1) is 40.9 Å². The fraction of sp³-hybridized carbons (Fsp3) is 0.296. The number of ether oxygens (including phenoxy) is 2. The maximum absolute atomic E-state index is 13.8. The van der Waals surface area contributed by atoms with Crippen molar-refractivity contribution in [2.24, 2.45) is 0 Å². The summed E-state index contributed by atoms with van der Waals surface area (Å²) in [5.74, 6) is -0.567. The molecule has 1 aliphatic heterocycles. The number of benzene rings is 2. The molecule has 0 spiro atoms. The molecule has 1 atom stereocenters. The van der Waals surface area contributed by atoms with Gasteiger partial charge in [0.1, 0.15) is 0 Å². The average molecular weight is 493 g/mol. The zero-order chi connectivity index (χ0) is 25.4. The van der Waals surface area contributed by atoms with E-state index in [-0.39, 0.29) is 5.57 Å². The third-order valence-electron chi connectivity index (χ3n) is 6.20. The number of Topliss-reactive ketones (excluding diaryl/α,β-unsaturated/α-hetero) is 1. The maximum atomic E-state index is 13.8. The predicted molar refractivity (Wildman–Crippen MR) is 136 cm³/mol. The third-order valence-corrected chi connectivity index (χ3v) is 7.27. The lowest BCUT2D eigenvalue weighted by Gasteiger charge is -2.29. The first-order chi connectivity index (χ1) is 16.7. The van der Waals surface area contributed by atoms with Gasteiger partial charge in [0.25, 0.3) is 5.91 Å². The van der Waals surface area contributed by atoms with Gasteiger partial charge >= 0.3 is 0 Å². The fourth-order valence-corrected chi connectivity index (χ4v) is 5.27. The second-order valence-electron chi connectivity index (χ2n) is 8.38. The Morgan fingerprint density at radius 2 is 1.89 bits per heavy atom. The van der Waals surface area contributed by atoms with E-state index < -0.39 is 23.5 Å². The van der Waals surface area contributed by atoms with Crippen molar-refractivity contribution >= 4 is 28.7 Å². The van der Waals surface area contributed by atoms with Crippen molar-refractivity contribution in [3.8, 4) is 11.5 Å². The first kappa shape index (κ1) is 24.5. The van der Waals surface area contributed by atoms with Gasteiger partial charge in [-0.3, -0.25) is 14.5 Å². The topological polar surface area (TPSA) is 89.0 Å². The number of carbonyl (C=O) groups excluding carboxylic acids is 2. The molecule has 3 aromatic rings. The van der Waals surface area contributed by atoms with Gasteiger partial charge in [0, 0.05) is 5.69 Å². The Morgan fingerprint density at radius 3 is 2.51 bits per heavy atom. The van der Waals surface area contributed by atoms with Gasteiger partial charge < -0.3 is 14.6 Å². The number of ketones is 1. The van der Waals surface area contributed by atoms with Crippen molar-refractivity contribution in [2.45, 2.75) is 40.7 Å². The normalized spacial score (nSPS) is 15.7. The SMILES string of the molecule is CCOc1cc(C2C(C(=O)c3sc(C)nc3C)=C(O)C(=O)N2c2cccc(C)c2C)ccc1OC. The number of thiazole rings is 1. The minimum Gasteiger partial charge on any atom is -0.503 e. The van der Waals surface area contributed by atoms with Gasteiger partial charge in [-0.15, -0.1) is 11.3 Å². The molecule has 0 aliphatic carbocycles. The summed E-state index contributed by atoms with van der Waals surface area (Å²) in [7, 11) is 1.55. The summed E-state index contributed by atoms with van der Waals surface area (Å²) in [6, 6.07) is 10.1. The molecule has 1 aromatic heterocycles. The van der Waals surface area contributed by atoms with E-state index >= 15 is 0 Å². The van der Waals surface area contributed by atoms with Crippen molar-refractivity contribution in [2.75, 3.05) is 18.6 Å². The molecule has 1 amide bonds. The molecule has 0 bridgehead atoms. The lowest BCUT2D eigenvalue weighted by atomic mass is 9.94. The second kappa shape index (κ2) is 9.54. The molecule has 2 aromatic carbocycles. The predicted octanol–water partition coefficient (Wildman–Crippen LogP) is 5.57. The Labute approximate surface area is 208 Å². The number of hydrogen-bond donors (Lipinski definition) is 1. The zero-order valence-corrected chi connectivity index (χ0v) is 21.4. The molecule has 7 nitrogen and oxygen atoms in total. The molecule has 0 saturated carbocycles. The highest BCUT2D eigenvalue weighted by Gasteiger charge is 2.46. The molecule has 0 saturated heterocycles. The number of rotatable bonds is 7. The van der Waals surface area contributed by atoms with Crippen molar-refractivity contribution in [3.05, 3.63) is 80.0 Å². The van der Waals surface area contributed by atoms with Crippen LogP contribution in [0.1, 0.15) is 50.0 Å². The van der Waals surface area contributed by atoms with Crippen molar-refractivity contribution < 1.29 is 24.2 Å². The van der Waals surface area contributed by atoms with Crippen LogP contribution >= 0.6 is 11.3 Å². The highest BCUT2D eigenvalue weighted by molar-refractivity contribution is 7.14. The number of hydrogen-bond acceptors (Lipinski definition) is 7. The third kappa shape index (κ3) is 4.18. The van der Waals surface area contributed by atoms with Gasteiger partial charge in [-0.25, -0.2) is 4.98 Å². The van der Waals surface area contributed by atoms with Crippen LogP contribution in [0.3, 0.4) is 0 Å². The fourth-order valence-electron chi connectivity index (χ4n) is 4.39. The standard InChI is InChI=1S/C27H28N2O5S/c1-7-34-21-13-18(11-12-20(21)33-6)23-22(24(30)26-16(4)28-17(5)35-26)25(31)27(32)29(23)19-10-8-9-14(2)15(19)3/h8-13,23,31H,7H2,1-6H3. The Kier molecular flexibility index (Phi) is 6.67. The van der Waals surface area contributed by atoms with Crippen LogP contribution < -0.4 is 14.4 Å². The molecule has 1 aliphatic rings. The van der Waals surface area contributed by atoms with Gasteiger partial charge in [-0.2, -0.15) is 0 Å². The summed E-state index contributed by atoms with van der Waals surface area (Å²) in [5.41, 5.74) is 3.71. The van der Waals surface area contributed by atoms with Crippen LogP contribution in [0.4, 0.5) is 5.69 Å². The zero-order valence-electron chi connectivity index (χ0n) is 20.6. The second-order valence-corrected chi connectivity index (χ2v) is 9.58. The highest BCUT2D eigenvalue weighted by atomic mass is 32.1. The van der Waals surface area contributed by atoms with E-state index in [1.807, 2.05) is 45.9 Å². The molecule has 1 unspecified atom stereocenters. The van der Waals surface area contributed by atoms with Gasteiger partial charge in [0.15, 0.2) is 17.3 Å². The Bertz CT molecular complexity index is 1360. The smallest absolute Gasteiger partial charge is 0.294 e. The van der Waals surface area contributed by atoms with Crippen molar-refractivity contribution in [3.63, 3.8) is 0 Å². The monoisotopic (exact) mass is 492 g/mol. The number of carbonyl (C=O) groups is 2. The number of nitrogens with zero attached hydrogens (tertiary/aromatic N) is 2. The van der Waals surface area contributed by atoms with E-state index in [1.165, 1.54) is 16.2 Å². The van der Waals surface area contributed by atoms with Gasteiger partial charge in [0.2, 0.25) is 5.78 Å². The molecule has 35 heavy (non-hydrogen) atoms. The summed E-state index contributed by atoms with van der Waals surface area (Å²) in [5, 5.41) is 11.8. The molecule has 0 fully saturated rings. The number of aryl methyl sites for hydroxylation is 3. The van der Waals surface area contributed by atoms with Gasteiger partial charge in [-0.05, 0) is 69.5 Å². The molecule has 182 valence electrons. The van der Waals surface area contributed by atoms with E-state index in [4.69, 9.17) is 9.47 Å². The minimum atomic E-state index is -0.859. The summed E-state index contributed by atoms with van der Waals surface area (Å²) < 4.78 is 11.2. The number of aromatic nitrogens is 1. The first-order valence-corrected chi connectivity index (χ1v) is 12.1. The Morgan fingerprint density at radius 1 is 1.14 bits per heavy atom. The van der Waals surface area contributed by atoms with Crippen LogP contribution in [0.15, 0.2) is 47.7 Å². The number of aliphatic hydroxyl groups is 1. The van der Waals surface area contributed by atoms with Crippen molar-refractivity contribution in [1.82, 2.24) is 4.98 Å². The molecule has 8 heteroatoms. The summed E-state index contributed by atoms with van der Waals surface area (Å²) in [6.07, 6.45) is 0. The maximum Gasteiger partial charge on any atom is 0.294 e.